The number of phenols is 1. The standard InChI is InChI=1S/C56H85N13O10/c1-34(2)29-44(63-48(71)33-59)52(75)68-46(31-36-18-22-39(23-19-36)38-13-6-5-7-14-38)54(77)66-41(15-8-10-26-57)49(72)64-43(17-12-28-62-56(60)61)50(73)67-45(30-35(3)4)53(76)65-42(16-9-11-27-58)51(74)69-47(55(78)79)32-37-20-24-40(70)25-21-37/h5-7,13-14,18-25,34-35,41-47,70H,8-12,15-17,26-33,57-59H2,1-4H3,(H,63,71)(H,64,72)(H,65,76)(H,66,77)(H,67,73)(H,68,75)(H,69,74)(H,78,79)(H4,60,61,62)/t41-,42-,43-,44-,45-,46-,47-/m0/s1. The summed E-state index contributed by atoms with van der Waals surface area (Å²) in [6.45, 7) is 7.69. The van der Waals surface area contributed by atoms with Gasteiger partial charge in [0.15, 0.2) is 5.96 Å². The number of unbranched alkanes of at least 4 members (excludes halogenated alkanes) is 2. The predicted octanol–water partition coefficient (Wildman–Crippen LogP) is 0.895. The number of nitrogens with one attached hydrogen (secondary N) is 9. The molecule has 0 bridgehead atoms. The molecule has 0 radical (unpaired) electrons. The number of hydrogen-bond donors (Lipinski definition) is 15. The van der Waals surface area contributed by atoms with Crippen LogP contribution in [0.15, 0.2) is 78.9 Å². The third-order valence-electron chi connectivity index (χ3n) is 12.8. The number of phenolic OH excluding ortho intramolecular Hbond substituents is 1. The molecule has 434 valence electrons. The highest BCUT2D eigenvalue weighted by atomic mass is 16.4. The van der Waals surface area contributed by atoms with Crippen molar-refractivity contribution in [3.63, 3.8) is 0 Å². The molecule has 3 aromatic carbocycles. The summed E-state index contributed by atoms with van der Waals surface area (Å²) in [5.41, 5.74) is 25.8. The van der Waals surface area contributed by atoms with Gasteiger partial charge in [0, 0.05) is 19.4 Å². The van der Waals surface area contributed by atoms with Gasteiger partial charge >= 0.3 is 5.97 Å². The number of carbonyl (C=O) groups excluding carboxylic acids is 7. The van der Waals surface area contributed by atoms with Gasteiger partial charge in [-0.3, -0.25) is 39.0 Å². The highest BCUT2D eigenvalue weighted by molar-refractivity contribution is 5.97. The Labute approximate surface area is 463 Å². The molecule has 79 heavy (non-hydrogen) atoms. The third kappa shape index (κ3) is 24.7. The maximum Gasteiger partial charge on any atom is 0.326 e. The van der Waals surface area contributed by atoms with Gasteiger partial charge in [0.05, 0.1) is 6.54 Å². The average Bonchev–Trinajstić information content (AvgIpc) is 3.40. The second kappa shape index (κ2) is 35.0. The van der Waals surface area contributed by atoms with Crippen LogP contribution in [0.2, 0.25) is 0 Å². The number of hydrogen-bond acceptors (Lipinski definition) is 13. The van der Waals surface area contributed by atoms with Crippen molar-refractivity contribution in [2.24, 2.45) is 34.8 Å². The molecule has 3 aromatic rings. The van der Waals surface area contributed by atoms with E-state index in [1.165, 1.54) is 24.3 Å². The van der Waals surface area contributed by atoms with E-state index in [-0.39, 0.29) is 101 Å². The first kappa shape index (κ1) is 65.7. The maximum atomic E-state index is 14.6. The van der Waals surface area contributed by atoms with Gasteiger partial charge in [-0.25, -0.2) is 4.79 Å². The minimum atomic E-state index is -1.40. The number of rotatable bonds is 36. The van der Waals surface area contributed by atoms with E-state index in [0.717, 1.165) is 11.1 Å². The topological polar surface area (TPSA) is 401 Å². The lowest BCUT2D eigenvalue weighted by Crippen LogP contribution is -2.60. The molecule has 0 aromatic heterocycles. The molecule has 7 amide bonds. The summed E-state index contributed by atoms with van der Waals surface area (Å²) < 4.78 is 0. The van der Waals surface area contributed by atoms with Crippen molar-refractivity contribution in [2.45, 2.75) is 147 Å². The fourth-order valence-electron chi connectivity index (χ4n) is 8.59. The van der Waals surface area contributed by atoms with Crippen LogP contribution in [-0.2, 0) is 51.2 Å². The van der Waals surface area contributed by atoms with E-state index in [2.05, 4.69) is 42.5 Å². The first-order chi connectivity index (χ1) is 37.6. The molecular weight excluding hydrogens is 1010 g/mol. The van der Waals surface area contributed by atoms with Crippen LogP contribution in [0, 0.1) is 17.2 Å². The van der Waals surface area contributed by atoms with Gasteiger partial charge in [0.2, 0.25) is 41.4 Å². The van der Waals surface area contributed by atoms with Gasteiger partial charge in [0.25, 0.3) is 0 Å². The number of benzene rings is 3. The molecule has 0 spiro atoms. The Hall–Kier alpha value is -7.63. The number of nitrogens with two attached hydrogens (primary N) is 4. The highest BCUT2D eigenvalue weighted by Gasteiger charge is 2.35. The number of carboxylic acids is 1. The Morgan fingerprint density at radius 3 is 1.30 bits per heavy atom. The molecule has 0 saturated heterocycles. The lowest BCUT2D eigenvalue weighted by atomic mass is 9.98. The monoisotopic (exact) mass is 1100 g/mol. The third-order valence-corrected chi connectivity index (χ3v) is 12.8. The number of guanidine groups is 1. The van der Waals surface area contributed by atoms with E-state index in [0.29, 0.717) is 36.8 Å². The van der Waals surface area contributed by atoms with Crippen molar-refractivity contribution in [1.29, 1.82) is 5.41 Å². The number of aliphatic carboxylic acids is 1. The zero-order valence-corrected chi connectivity index (χ0v) is 46.0. The van der Waals surface area contributed by atoms with Gasteiger partial charge in [-0.15, -0.1) is 0 Å². The van der Waals surface area contributed by atoms with E-state index in [9.17, 15) is 48.6 Å². The van der Waals surface area contributed by atoms with Gasteiger partial charge in [-0.1, -0.05) is 94.4 Å². The molecular formula is C56H85N13O10. The van der Waals surface area contributed by atoms with E-state index in [4.69, 9.17) is 28.3 Å². The molecule has 23 nitrogen and oxygen atoms in total. The van der Waals surface area contributed by atoms with Crippen LogP contribution < -0.4 is 65.5 Å². The number of amides is 7. The van der Waals surface area contributed by atoms with Gasteiger partial charge in [-0.2, -0.15) is 0 Å². The van der Waals surface area contributed by atoms with Crippen LogP contribution in [0.25, 0.3) is 11.1 Å². The predicted molar refractivity (Wildman–Crippen MR) is 301 cm³/mol. The molecule has 0 unspecified atom stereocenters. The van der Waals surface area contributed by atoms with Gasteiger partial charge in [0.1, 0.15) is 48.0 Å². The first-order valence-corrected chi connectivity index (χ1v) is 27.1. The summed E-state index contributed by atoms with van der Waals surface area (Å²) in [5, 5.41) is 49.1. The molecule has 19 N–H and O–H groups in total. The Bertz CT molecular complexity index is 2430. The van der Waals surface area contributed by atoms with E-state index in [1.807, 2.05) is 82.3 Å². The number of aromatic hydroxyl groups is 1. The smallest absolute Gasteiger partial charge is 0.326 e. The molecule has 0 heterocycles. The van der Waals surface area contributed by atoms with E-state index >= 15 is 0 Å². The zero-order chi connectivity index (χ0) is 58.4. The van der Waals surface area contributed by atoms with E-state index in [1.54, 1.807) is 0 Å². The summed E-state index contributed by atoms with van der Waals surface area (Å²) in [7, 11) is 0. The summed E-state index contributed by atoms with van der Waals surface area (Å²) in [5.74, 6) is -6.95. The van der Waals surface area contributed by atoms with Crippen LogP contribution in [0.3, 0.4) is 0 Å². The Morgan fingerprint density at radius 1 is 0.481 bits per heavy atom. The second-order valence-corrected chi connectivity index (χ2v) is 20.5. The fraction of sp³-hybridized carbons (Fsp3) is 0.518. The normalized spacial score (nSPS) is 13.8. The van der Waals surface area contributed by atoms with Crippen molar-refractivity contribution in [1.82, 2.24) is 42.5 Å². The summed E-state index contributed by atoms with van der Waals surface area (Å²) in [6.07, 6.45) is 2.17. The highest BCUT2D eigenvalue weighted by Crippen LogP contribution is 2.21. The SMILES string of the molecule is CC(C)C[C@H](NC(=O)CN)C(=O)N[C@@H](Cc1ccc(-c2ccccc2)cc1)C(=O)N[C@@H](CCCCN)C(=O)N[C@@H](CCCNC(=N)N)C(=O)N[C@@H](CC(C)C)C(=O)N[C@@H](CCCCN)C(=O)N[C@@H](Cc1ccc(O)cc1)C(=O)O. The van der Waals surface area contributed by atoms with Crippen LogP contribution in [0.4, 0.5) is 0 Å². The van der Waals surface area contributed by atoms with Crippen LogP contribution in [0.1, 0.15) is 103 Å². The molecule has 23 heteroatoms. The lowest BCUT2D eigenvalue weighted by molar-refractivity contribution is -0.142. The summed E-state index contributed by atoms with van der Waals surface area (Å²) in [6, 6.07) is 14.1. The summed E-state index contributed by atoms with van der Waals surface area (Å²) in [4.78, 5) is 111. The molecule has 0 fully saturated rings. The number of carbonyl (C=O) groups is 8. The van der Waals surface area contributed by atoms with Crippen molar-refractivity contribution in [3.8, 4) is 16.9 Å². The first-order valence-electron chi connectivity index (χ1n) is 27.1. The Kier molecular flexibility index (Phi) is 29.1. The van der Waals surface area contributed by atoms with Gasteiger partial charge < -0.3 is 75.7 Å². The lowest BCUT2D eigenvalue weighted by Gasteiger charge is -2.28. The molecule has 7 atom stereocenters. The molecule has 0 aliphatic carbocycles. The van der Waals surface area contributed by atoms with Crippen LogP contribution in [-0.4, -0.2) is 132 Å². The second-order valence-electron chi connectivity index (χ2n) is 20.5. The molecule has 3 rings (SSSR count). The maximum absolute atomic E-state index is 14.6. The fourth-order valence-corrected chi connectivity index (χ4v) is 8.59. The van der Waals surface area contributed by atoms with E-state index < -0.39 is 89.6 Å². The van der Waals surface area contributed by atoms with Crippen LogP contribution >= 0.6 is 0 Å². The zero-order valence-electron chi connectivity index (χ0n) is 46.0. The van der Waals surface area contributed by atoms with Gasteiger partial charge in [-0.05, 0) is 124 Å². The number of carboxylic acid groups (broad SMARTS) is 1. The van der Waals surface area contributed by atoms with Crippen molar-refractivity contribution < 1.29 is 48.6 Å². The van der Waals surface area contributed by atoms with Crippen LogP contribution in [0.5, 0.6) is 5.75 Å². The van der Waals surface area contributed by atoms with Crippen molar-refractivity contribution in [3.05, 3.63) is 90.0 Å². The largest absolute Gasteiger partial charge is 0.508 e. The summed E-state index contributed by atoms with van der Waals surface area (Å²) >= 11 is 0. The molecule has 0 saturated carbocycles. The Balaban J connectivity index is 1.97. The molecule has 0 aliphatic heterocycles. The average molecular weight is 1100 g/mol. The molecule has 0 aliphatic rings. The minimum absolute atomic E-state index is 0.0218. The Morgan fingerprint density at radius 2 is 0.861 bits per heavy atom. The van der Waals surface area contributed by atoms with Crippen molar-refractivity contribution >= 4 is 53.3 Å². The minimum Gasteiger partial charge on any atom is -0.508 e. The quantitative estimate of drug-likeness (QED) is 0.0219. The van der Waals surface area contributed by atoms with Crippen molar-refractivity contribution in [2.75, 3.05) is 26.2 Å².